The monoisotopic (exact) mass is 1140 g/mol. The molecular weight excluding hydrogens is 1150 g/mol. The topological polar surface area (TPSA) is 92.8 Å². The van der Waals surface area contributed by atoms with Gasteiger partial charge in [-0.2, -0.15) is 136 Å². The highest BCUT2D eigenvalue weighted by atomic mass is 19.4. The lowest BCUT2D eigenvalue weighted by atomic mass is 9.98. The lowest BCUT2D eigenvalue weighted by Gasteiger charge is -2.40. The van der Waals surface area contributed by atoms with E-state index in [0.717, 1.165) is 23.7 Å². The Labute approximate surface area is 356 Å². The van der Waals surface area contributed by atoms with E-state index >= 15 is 13.2 Å². The van der Waals surface area contributed by atoms with Crippen LogP contribution in [0.15, 0.2) is 11.7 Å². The zero-order chi connectivity index (χ0) is 57.1. The van der Waals surface area contributed by atoms with E-state index in [1.54, 1.807) is 0 Å². The van der Waals surface area contributed by atoms with Crippen molar-refractivity contribution in [2.75, 3.05) is 0 Å². The summed E-state index contributed by atoms with van der Waals surface area (Å²) in [5, 5.41) is 0. The molecule has 46 heteroatoms. The van der Waals surface area contributed by atoms with Crippen LogP contribution in [0.5, 0.6) is 0 Å². The van der Waals surface area contributed by atoms with Gasteiger partial charge in [0.25, 0.3) is 11.8 Å². The van der Waals surface area contributed by atoms with Crippen molar-refractivity contribution in [1.29, 1.82) is 0 Å². The number of benzene rings is 1. The van der Waals surface area contributed by atoms with E-state index in [1.165, 1.54) is 4.74 Å². The van der Waals surface area contributed by atoms with Gasteiger partial charge in [-0.15, -0.1) is 0 Å². The normalized spacial score (nSPS) is 17.5. The standard InChI is InChI=1S/C25F37NO8/c26-2-1(3(27)5(29)6(30)4(2)28)11(33,63-9(64)7(31)8(32)10(63)65)14(39,40)66-16(43,44)18(47,48)68-20(51,52)22(55,56)70-24(59,60)25(61,62)71-23(57,58)21(53,54)69-19(49,50)17(45,46)67-15(41,42)12(34,35)13(36,37)38. The highest BCUT2D eigenvalue weighted by Crippen LogP contribution is 2.58. The van der Waals surface area contributed by atoms with Crippen LogP contribution in [0.2, 0.25) is 0 Å². The van der Waals surface area contributed by atoms with Crippen LogP contribution in [0.1, 0.15) is 5.56 Å². The Morgan fingerprint density at radius 2 is 0.451 bits per heavy atom. The molecule has 71 heavy (non-hydrogen) atoms. The SMILES string of the molecule is O=C1C(F)=C(F)C(=O)N1C(F)(c1c(F)c(F)c(F)c(F)c1F)C(F)(F)OC(F)(F)C(F)(F)OC(F)(F)C(F)(F)OC(F)(F)C(F)(F)OC(F)(F)C(F)(F)OC(F)(F)C(F)(F)OC(F)(F)C(F)(F)C(F)(F)F. The van der Waals surface area contributed by atoms with Crippen molar-refractivity contribution < 1.29 is 200 Å². The number of hydrogen-bond donors (Lipinski definition) is 0. The minimum atomic E-state index is -8.69. The first-order valence-electron chi connectivity index (χ1n) is 15.0. The quantitative estimate of drug-likeness (QED) is 0.0395. The summed E-state index contributed by atoms with van der Waals surface area (Å²) in [5.41, 5.74) is -4.41. The first-order chi connectivity index (χ1) is 30.7. The highest BCUT2D eigenvalue weighted by molar-refractivity contribution is 6.17. The number of ether oxygens (including phenoxy) is 6. The van der Waals surface area contributed by atoms with E-state index in [1.807, 2.05) is 0 Å². The number of nitrogens with zero attached hydrogens (tertiary/aromatic N) is 1. The zero-order valence-electron chi connectivity index (χ0n) is 30.2. The summed E-state index contributed by atoms with van der Waals surface area (Å²) in [6.07, 6.45) is -110. The van der Waals surface area contributed by atoms with E-state index in [-0.39, 0.29) is 0 Å². The Balaban J connectivity index is 2.56. The lowest BCUT2D eigenvalue weighted by Crippen LogP contribution is -2.64. The minimum Gasteiger partial charge on any atom is -0.266 e. The summed E-state index contributed by atoms with van der Waals surface area (Å²) in [6, 6.07) is 0. The maximum atomic E-state index is 16.0. The van der Waals surface area contributed by atoms with Crippen LogP contribution in [-0.4, -0.2) is 102 Å². The summed E-state index contributed by atoms with van der Waals surface area (Å²) in [6.45, 7) is 0. The van der Waals surface area contributed by atoms with Crippen molar-refractivity contribution in [2.24, 2.45) is 0 Å². The molecule has 0 spiro atoms. The molecule has 1 heterocycles. The van der Waals surface area contributed by atoms with Crippen molar-refractivity contribution in [3.05, 3.63) is 46.3 Å². The number of rotatable bonds is 21. The number of carbonyl (C=O) groups excluding carboxylic acids is 2. The van der Waals surface area contributed by atoms with E-state index < -0.39 is 154 Å². The second-order valence-corrected chi connectivity index (χ2v) is 12.0. The number of alkyl halides is 30. The Kier molecular flexibility index (Phi) is 15.3. The number of amides is 2. The Morgan fingerprint density at radius 3 is 0.662 bits per heavy atom. The molecule has 2 amide bonds. The third kappa shape index (κ3) is 10.3. The molecule has 0 N–H and O–H groups in total. The smallest absolute Gasteiger partial charge is 0.266 e. The molecule has 0 radical (unpaired) electrons. The molecule has 0 saturated carbocycles. The Bertz CT molecular complexity index is 2220. The van der Waals surface area contributed by atoms with E-state index in [0.29, 0.717) is 0 Å². The molecule has 412 valence electrons. The van der Waals surface area contributed by atoms with E-state index in [2.05, 4.69) is 0 Å². The van der Waals surface area contributed by atoms with Crippen LogP contribution in [0.4, 0.5) is 162 Å². The third-order valence-corrected chi connectivity index (χ3v) is 7.16. The Morgan fingerprint density at radius 1 is 0.268 bits per heavy atom. The molecular formula is C25F37NO8. The summed E-state index contributed by atoms with van der Waals surface area (Å²) in [5.74, 6) is -50.7. The van der Waals surface area contributed by atoms with Crippen LogP contribution < -0.4 is 0 Å². The molecule has 0 fully saturated rings. The van der Waals surface area contributed by atoms with Crippen LogP contribution >= 0.6 is 0 Å². The third-order valence-electron chi connectivity index (χ3n) is 7.16. The molecule has 0 bridgehead atoms. The second-order valence-electron chi connectivity index (χ2n) is 12.0. The molecule has 0 aliphatic carbocycles. The first-order valence-corrected chi connectivity index (χ1v) is 15.0. The van der Waals surface area contributed by atoms with Gasteiger partial charge >= 0.3 is 91.2 Å². The van der Waals surface area contributed by atoms with Crippen molar-refractivity contribution in [3.63, 3.8) is 0 Å². The summed E-state index contributed by atoms with van der Waals surface area (Å²) >= 11 is 0. The molecule has 2 rings (SSSR count). The van der Waals surface area contributed by atoms with Gasteiger partial charge in [0.05, 0.1) is 5.56 Å². The maximum Gasteiger partial charge on any atom is 0.462 e. The van der Waals surface area contributed by atoms with Gasteiger partial charge in [0.2, 0.25) is 17.5 Å². The van der Waals surface area contributed by atoms with Gasteiger partial charge in [-0.1, -0.05) is 0 Å². The molecule has 9 nitrogen and oxygen atoms in total. The van der Waals surface area contributed by atoms with Gasteiger partial charge in [0, 0.05) is 0 Å². The number of carbonyl (C=O) groups is 2. The number of imide groups is 1. The fourth-order valence-electron chi connectivity index (χ4n) is 3.90. The lowest BCUT2D eigenvalue weighted by molar-refractivity contribution is -0.596. The minimum absolute atomic E-state index is 0.957. The van der Waals surface area contributed by atoms with Crippen molar-refractivity contribution >= 4 is 11.8 Å². The fourth-order valence-corrected chi connectivity index (χ4v) is 3.90. The van der Waals surface area contributed by atoms with Gasteiger partial charge in [0.1, 0.15) is 0 Å². The summed E-state index contributed by atoms with van der Waals surface area (Å²) in [4.78, 5) is 20.7. The molecule has 1 aromatic rings. The first kappa shape index (κ1) is 62.4. The number of hydrogen-bond acceptors (Lipinski definition) is 8. The van der Waals surface area contributed by atoms with Gasteiger partial charge in [0.15, 0.2) is 23.3 Å². The molecule has 1 atom stereocenters. The Hall–Kier alpha value is -4.73. The molecule has 1 unspecified atom stereocenters. The van der Waals surface area contributed by atoms with Crippen molar-refractivity contribution in [3.8, 4) is 0 Å². The molecule has 1 aliphatic rings. The molecule has 1 aromatic carbocycles. The average Bonchev–Trinajstić information content (AvgIpc) is 3.31. The van der Waals surface area contributed by atoms with E-state index in [9.17, 15) is 159 Å². The van der Waals surface area contributed by atoms with Crippen LogP contribution in [0, 0.1) is 29.1 Å². The van der Waals surface area contributed by atoms with Crippen LogP contribution in [0.3, 0.4) is 0 Å². The molecule has 0 saturated heterocycles. The molecule has 1 aliphatic heterocycles. The van der Waals surface area contributed by atoms with Gasteiger partial charge in [-0.3, -0.25) is 9.59 Å². The summed E-state index contributed by atoms with van der Waals surface area (Å²) in [7, 11) is 0. The van der Waals surface area contributed by atoms with Crippen LogP contribution in [-0.2, 0) is 43.8 Å². The largest absolute Gasteiger partial charge is 0.462 e. The fraction of sp³-hybridized carbons (Fsp3) is 0.600. The maximum absolute atomic E-state index is 16.0. The van der Waals surface area contributed by atoms with Gasteiger partial charge < -0.3 is 0 Å². The van der Waals surface area contributed by atoms with Crippen LogP contribution in [0.25, 0.3) is 0 Å². The van der Waals surface area contributed by atoms with E-state index in [4.69, 9.17) is 0 Å². The predicted molar refractivity (Wildman–Crippen MR) is 127 cm³/mol. The van der Waals surface area contributed by atoms with Gasteiger partial charge in [-0.25, -0.2) is 59.7 Å². The average molecular weight is 1150 g/mol. The number of halogens is 37. The van der Waals surface area contributed by atoms with Crippen molar-refractivity contribution in [1.82, 2.24) is 4.90 Å². The zero-order valence-corrected chi connectivity index (χ0v) is 30.2. The second kappa shape index (κ2) is 17.5. The van der Waals surface area contributed by atoms with Gasteiger partial charge in [-0.05, 0) is 0 Å². The van der Waals surface area contributed by atoms with Crippen molar-refractivity contribution in [2.45, 2.75) is 91.2 Å². The summed E-state index contributed by atoms with van der Waals surface area (Å²) < 4.78 is 513. The highest BCUT2D eigenvalue weighted by Gasteiger charge is 2.83. The molecule has 0 aromatic heterocycles. The predicted octanol–water partition coefficient (Wildman–Crippen LogP) is 11.4.